The third-order valence-electron chi connectivity index (χ3n) is 3.06. The van der Waals surface area contributed by atoms with Gasteiger partial charge in [-0.1, -0.05) is 6.92 Å². The van der Waals surface area contributed by atoms with Crippen molar-refractivity contribution >= 4 is 17.0 Å². The summed E-state index contributed by atoms with van der Waals surface area (Å²) in [5, 5.41) is 9.26. The number of hydrogen-bond donors (Lipinski definition) is 1. The fourth-order valence-corrected chi connectivity index (χ4v) is 2.19. The number of halogens is 2. The lowest BCUT2D eigenvalue weighted by Gasteiger charge is -2.16. The minimum Gasteiger partial charge on any atom is -0.480 e. The number of methoxy groups -OCH3 is 1. The minimum atomic E-state index is -1.06. The number of carbonyl (C=O) groups is 1. The van der Waals surface area contributed by atoms with Gasteiger partial charge in [-0.2, -0.15) is 0 Å². The van der Waals surface area contributed by atoms with Crippen LogP contribution >= 0.6 is 0 Å². The van der Waals surface area contributed by atoms with Gasteiger partial charge in [-0.25, -0.2) is 18.6 Å². The molecule has 1 atom stereocenters. The van der Waals surface area contributed by atoms with Crippen LogP contribution in [0, 0.1) is 11.6 Å². The van der Waals surface area contributed by atoms with E-state index in [4.69, 9.17) is 4.74 Å². The molecule has 0 aliphatic carbocycles. The SMILES string of the molecule is CCC(C(=O)O)n1c(COC)nc2cc(F)c(F)cc21. The molecule has 1 heterocycles. The smallest absolute Gasteiger partial charge is 0.326 e. The van der Waals surface area contributed by atoms with E-state index in [0.29, 0.717) is 5.82 Å². The molecule has 1 aromatic heterocycles. The van der Waals surface area contributed by atoms with Crippen molar-refractivity contribution in [1.29, 1.82) is 0 Å². The molecule has 108 valence electrons. The van der Waals surface area contributed by atoms with Gasteiger partial charge in [0.1, 0.15) is 18.5 Å². The molecule has 0 aliphatic heterocycles. The quantitative estimate of drug-likeness (QED) is 0.916. The van der Waals surface area contributed by atoms with E-state index in [9.17, 15) is 18.7 Å². The highest BCUT2D eigenvalue weighted by Gasteiger charge is 2.24. The Kier molecular flexibility index (Phi) is 3.99. The molecule has 0 radical (unpaired) electrons. The molecule has 1 aromatic carbocycles. The first-order chi connectivity index (χ1) is 9.49. The molecule has 5 nitrogen and oxygen atoms in total. The van der Waals surface area contributed by atoms with Crippen LogP contribution in [0.1, 0.15) is 25.2 Å². The summed E-state index contributed by atoms with van der Waals surface area (Å²) in [6, 6.07) is 1.01. The predicted octanol–water partition coefficient (Wildman–Crippen LogP) is 2.50. The van der Waals surface area contributed by atoms with Crippen LogP contribution in [0.5, 0.6) is 0 Å². The average Bonchev–Trinajstić information content (AvgIpc) is 2.70. The number of imidazole rings is 1. The third kappa shape index (κ3) is 2.36. The second-order valence-corrected chi connectivity index (χ2v) is 4.35. The van der Waals surface area contributed by atoms with Crippen LogP contribution in [-0.2, 0) is 16.1 Å². The Bertz CT molecular complexity index is 655. The van der Waals surface area contributed by atoms with Gasteiger partial charge < -0.3 is 14.4 Å². The molecule has 2 aromatic rings. The van der Waals surface area contributed by atoms with Crippen LogP contribution in [-0.4, -0.2) is 27.7 Å². The van der Waals surface area contributed by atoms with Gasteiger partial charge >= 0.3 is 5.97 Å². The summed E-state index contributed by atoms with van der Waals surface area (Å²) < 4.78 is 33.0. The standard InChI is InChI=1S/C13H14F2N2O3/c1-3-10(13(18)19)17-11-5-8(15)7(14)4-9(11)16-12(17)6-20-2/h4-5,10H,3,6H2,1-2H3,(H,18,19). The Morgan fingerprint density at radius 1 is 1.45 bits per heavy atom. The molecule has 0 saturated heterocycles. The van der Waals surface area contributed by atoms with E-state index in [2.05, 4.69) is 4.98 Å². The lowest BCUT2D eigenvalue weighted by Crippen LogP contribution is -2.20. The van der Waals surface area contributed by atoms with Gasteiger partial charge in [-0.05, 0) is 6.42 Å². The Morgan fingerprint density at radius 2 is 2.10 bits per heavy atom. The van der Waals surface area contributed by atoms with Crippen molar-refractivity contribution in [3.8, 4) is 0 Å². The van der Waals surface area contributed by atoms with Crippen molar-refractivity contribution in [1.82, 2.24) is 9.55 Å². The number of rotatable bonds is 5. The summed E-state index contributed by atoms with van der Waals surface area (Å²) in [4.78, 5) is 15.4. The second kappa shape index (κ2) is 5.54. The van der Waals surface area contributed by atoms with E-state index in [1.165, 1.54) is 11.7 Å². The van der Waals surface area contributed by atoms with Crippen LogP contribution in [0.3, 0.4) is 0 Å². The van der Waals surface area contributed by atoms with E-state index in [0.717, 1.165) is 12.1 Å². The maximum absolute atomic E-state index is 13.4. The average molecular weight is 284 g/mol. The van der Waals surface area contributed by atoms with Gasteiger partial charge in [-0.3, -0.25) is 0 Å². The molecule has 0 fully saturated rings. The van der Waals surface area contributed by atoms with E-state index in [-0.39, 0.29) is 24.1 Å². The van der Waals surface area contributed by atoms with Crippen LogP contribution in [0.4, 0.5) is 8.78 Å². The molecule has 20 heavy (non-hydrogen) atoms. The van der Waals surface area contributed by atoms with Crippen molar-refractivity contribution < 1.29 is 23.4 Å². The monoisotopic (exact) mass is 284 g/mol. The zero-order chi connectivity index (χ0) is 14.9. The minimum absolute atomic E-state index is 0.0572. The fraction of sp³-hybridized carbons (Fsp3) is 0.385. The first-order valence-corrected chi connectivity index (χ1v) is 6.07. The number of ether oxygens (including phenoxy) is 1. The normalized spacial score (nSPS) is 12.8. The molecule has 0 bridgehead atoms. The van der Waals surface area contributed by atoms with Gasteiger partial charge in [0.25, 0.3) is 0 Å². The molecular formula is C13H14F2N2O3. The van der Waals surface area contributed by atoms with Crippen molar-refractivity contribution in [3.05, 3.63) is 29.6 Å². The zero-order valence-electron chi connectivity index (χ0n) is 11.1. The highest BCUT2D eigenvalue weighted by atomic mass is 19.2. The number of fused-ring (bicyclic) bond motifs is 1. The molecule has 0 aliphatic rings. The van der Waals surface area contributed by atoms with Gasteiger partial charge in [0.15, 0.2) is 11.6 Å². The van der Waals surface area contributed by atoms with Gasteiger partial charge in [0, 0.05) is 19.2 Å². The van der Waals surface area contributed by atoms with Crippen LogP contribution < -0.4 is 0 Å². The summed E-state index contributed by atoms with van der Waals surface area (Å²) in [7, 11) is 1.44. The first-order valence-electron chi connectivity index (χ1n) is 6.07. The van der Waals surface area contributed by atoms with Gasteiger partial charge in [0.2, 0.25) is 0 Å². The highest BCUT2D eigenvalue weighted by Crippen LogP contribution is 2.26. The largest absolute Gasteiger partial charge is 0.480 e. The van der Waals surface area contributed by atoms with Gasteiger partial charge in [0.05, 0.1) is 11.0 Å². The molecule has 0 saturated carbocycles. The fourth-order valence-electron chi connectivity index (χ4n) is 2.19. The topological polar surface area (TPSA) is 64.3 Å². The van der Waals surface area contributed by atoms with Crippen LogP contribution in [0.2, 0.25) is 0 Å². The van der Waals surface area contributed by atoms with Crippen molar-refractivity contribution in [2.75, 3.05) is 7.11 Å². The van der Waals surface area contributed by atoms with E-state index in [1.54, 1.807) is 6.92 Å². The number of carboxylic acids is 1. The molecule has 7 heteroatoms. The summed E-state index contributed by atoms with van der Waals surface area (Å²) in [5.41, 5.74) is 0.445. The summed E-state index contributed by atoms with van der Waals surface area (Å²) >= 11 is 0. The Hall–Kier alpha value is -2.02. The number of aromatic nitrogens is 2. The molecule has 0 spiro atoms. The Balaban J connectivity index is 2.73. The number of hydrogen-bond acceptors (Lipinski definition) is 3. The number of aliphatic carboxylic acids is 1. The van der Waals surface area contributed by atoms with Crippen molar-refractivity contribution in [2.24, 2.45) is 0 Å². The number of nitrogens with zero attached hydrogens (tertiary/aromatic N) is 2. The van der Waals surface area contributed by atoms with Crippen molar-refractivity contribution in [3.63, 3.8) is 0 Å². The molecule has 2 rings (SSSR count). The van der Waals surface area contributed by atoms with Crippen LogP contribution in [0.25, 0.3) is 11.0 Å². The Labute approximate surface area is 113 Å². The van der Waals surface area contributed by atoms with E-state index in [1.807, 2.05) is 0 Å². The molecule has 1 unspecified atom stereocenters. The number of carboxylic acid groups (broad SMARTS) is 1. The van der Waals surface area contributed by atoms with E-state index < -0.39 is 23.6 Å². The second-order valence-electron chi connectivity index (χ2n) is 4.35. The predicted molar refractivity (Wildman–Crippen MR) is 67.3 cm³/mol. The third-order valence-corrected chi connectivity index (χ3v) is 3.06. The Morgan fingerprint density at radius 3 is 2.65 bits per heavy atom. The maximum atomic E-state index is 13.4. The molecular weight excluding hydrogens is 270 g/mol. The van der Waals surface area contributed by atoms with Crippen molar-refractivity contribution in [2.45, 2.75) is 26.0 Å². The summed E-state index contributed by atoms with van der Waals surface area (Å²) in [5.74, 6) is -2.80. The van der Waals surface area contributed by atoms with Crippen LogP contribution in [0.15, 0.2) is 12.1 Å². The zero-order valence-corrected chi connectivity index (χ0v) is 11.1. The summed E-state index contributed by atoms with van der Waals surface area (Å²) in [6.07, 6.45) is 0.288. The van der Waals surface area contributed by atoms with Gasteiger partial charge in [-0.15, -0.1) is 0 Å². The maximum Gasteiger partial charge on any atom is 0.326 e. The highest BCUT2D eigenvalue weighted by molar-refractivity contribution is 5.80. The first kappa shape index (κ1) is 14.4. The lowest BCUT2D eigenvalue weighted by molar-refractivity contribution is -0.141. The number of benzene rings is 1. The molecule has 1 N–H and O–H groups in total. The summed E-state index contributed by atoms with van der Waals surface area (Å²) in [6.45, 7) is 1.75. The molecule has 0 amide bonds. The van der Waals surface area contributed by atoms with E-state index >= 15 is 0 Å². The lowest BCUT2D eigenvalue weighted by atomic mass is 10.2.